The first-order valence-electron chi connectivity index (χ1n) is 11.0. The number of quaternary nitrogens is 1. The molecule has 6 rings (SSSR count). The molecule has 34 heavy (non-hydrogen) atoms. The van der Waals surface area contributed by atoms with Crippen LogP contribution >= 0.6 is 15.9 Å². The van der Waals surface area contributed by atoms with Crippen molar-refractivity contribution in [2.24, 2.45) is 11.8 Å². The van der Waals surface area contributed by atoms with E-state index in [2.05, 4.69) is 15.9 Å². The number of ether oxygens (including phenoxy) is 1. The first-order chi connectivity index (χ1) is 16.3. The topological polar surface area (TPSA) is 81.9 Å². The molecule has 3 aromatic rings. The van der Waals surface area contributed by atoms with Crippen LogP contribution in [-0.4, -0.2) is 29.0 Å². The normalized spacial score (nSPS) is 26.9. The third-order valence-electron chi connectivity index (χ3n) is 7.12. The molecule has 4 unspecified atom stereocenters. The van der Waals surface area contributed by atoms with E-state index in [1.54, 1.807) is 54.6 Å². The summed E-state index contributed by atoms with van der Waals surface area (Å²) in [6.07, 6.45) is -0.913. The van der Waals surface area contributed by atoms with Crippen LogP contribution in [0.3, 0.4) is 0 Å². The van der Waals surface area contributed by atoms with E-state index in [-0.39, 0.29) is 16.0 Å². The van der Waals surface area contributed by atoms with Gasteiger partial charge in [0.2, 0.25) is 17.2 Å². The van der Waals surface area contributed by atoms with Gasteiger partial charge in [0.25, 0.3) is 0 Å². The number of hydrogen-bond donors (Lipinski definition) is 1. The fourth-order valence-electron chi connectivity index (χ4n) is 5.59. The number of benzene rings is 3. The van der Waals surface area contributed by atoms with Crippen molar-refractivity contribution in [3.63, 3.8) is 0 Å². The van der Waals surface area contributed by atoms with Crippen LogP contribution in [0.15, 0.2) is 77.3 Å². The Morgan fingerprint density at radius 1 is 0.824 bits per heavy atom. The van der Waals surface area contributed by atoms with Gasteiger partial charge in [-0.05, 0) is 24.6 Å². The lowest BCUT2D eigenvalue weighted by molar-refractivity contribution is -0.659. The third kappa shape index (κ3) is 2.69. The van der Waals surface area contributed by atoms with Crippen LogP contribution in [0.2, 0.25) is 0 Å². The van der Waals surface area contributed by atoms with Gasteiger partial charge >= 0.3 is 11.8 Å². The van der Waals surface area contributed by atoms with Crippen LogP contribution < -0.4 is 4.90 Å². The van der Waals surface area contributed by atoms with E-state index in [9.17, 15) is 19.2 Å². The molecule has 3 aromatic carbocycles. The van der Waals surface area contributed by atoms with Crippen molar-refractivity contribution in [2.45, 2.75) is 18.6 Å². The first-order valence-corrected chi connectivity index (χ1v) is 11.8. The zero-order valence-corrected chi connectivity index (χ0v) is 19.7. The maximum Gasteiger partial charge on any atom is 0.332 e. The summed E-state index contributed by atoms with van der Waals surface area (Å²) < 4.78 is 7.06. The predicted molar refractivity (Wildman–Crippen MR) is 125 cm³/mol. The van der Waals surface area contributed by atoms with Crippen molar-refractivity contribution >= 4 is 45.0 Å². The van der Waals surface area contributed by atoms with Crippen molar-refractivity contribution in [3.05, 3.63) is 99.5 Å². The monoisotopic (exact) mass is 516 g/mol. The number of Topliss-reactive ketones (excluding diaryl/α,β-unsaturated/α-hetero) is 2. The van der Waals surface area contributed by atoms with E-state index in [1.807, 2.05) is 25.1 Å². The predicted octanol–water partition coefficient (Wildman–Crippen LogP) is 3.16. The van der Waals surface area contributed by atoms with Crippen molar-refractivity contribution in [3.8, 4) is 0 Å². The highest BCUT2D eigenvalue weighted by molar-refractivity contribution is 9.10. The van der Waals surface area contributed by atoms with Crippen molar-refractivity contribution < 1.29 is 28.8 Å². The number of aryl methyl sites for hydroxylation is 1. The van der Waals surface area contributed by atoms with Gasteiger partial charge < -0.3 is 4.74 Å². The molecule has 1 spiro atoms. The second-order valence-corrected chi connectivity index (χ2v) is 9.92. The number of hydrogen-bond acceptors (Lipinski definition) is 5. The van der Waals surface area contributed by atoms with Crippen LogP contribution in [0, 0.1) is 18.8 Å². The van der Waals surface area contributed by atoms with Gasteiger partial charge in [0.1, 0.15) is 23.6 Å². The molecule has 0 aromatic heterocycles. The molecule has 0 saturated carbocycles. The van der Waals surface area contributed by atoms with Crippen molar-refractivity contribution in [1.29, 1.82) is 0 Å². The fraction of sp³-hybridized carbons (Fsp3) is 0.185. The summed E-state index contributed by atoms with van der Waals surface area (Å²) in [6, 6.07) is 20.8. The third-order valence-corrected chi connectivity index (χ3v) is 7.62. The lowest BCUT2D eigenvalue weighted by atomic mass is 9.77. The fourth-order valence-corrected chi connectivity index (χ4v) is 6.01. The number of carbonyl (C=O) groups excluding carboxylic acids is 4. The molecular weight excluding hydrogens is 498 g/mol. The maximum absolute atomic E-state index is 13.9. The van der Waals surface area contributed by atoms with Crippen molar-refractivity contribution in [1.82, 2.24) is 0 Å². The van der Waals surface area contributed by atoms with Crippen LogP contribution in [0.25, 0.3) is 0 Å². The van der Waals surface area contributed by atoms with E-state index in [1.165, 1.54) is 0 Å². The molecule has 0 bridgehead atoms. The molecule has 6 nitrogen and oxygen atoms in total. The SMILES string of the molecule is Cc1ccc([NH+]2C(=O)C3C(c4cccc(Br)c4)OC4(C(=O)c5ccccc5C4=O)C3C2=O)cc1. The minimum Gasteiger partial charge on any atom is -0.349 e. The van der Waals surface area contributed by atoms with Gasteiger partial charge in [-0.1, -0.05) is 70.0 Å². The molecule has 2 amide bonds. The van der Waals surface area contributed by atoms with Crippen molar-refractivity contribution in [2.75, 3.05) is 0 Å². The number of imide groups is 1. The van der Waals surface area contributed by atoms with E-state index in [0.717, 1.165) is 10.0 Å². The smallest absolute Gasteiger partial charge is 0.332 e. The largest absolute Gasteiger partial charge is 0.349 e. The highest BCUT2D eigenvalue weighted by Gasteiger charge is 2.77. The Bertz CT molecular complexity index is 1380. The summed E-state index contributed by atoms with van der Waals surface area (Å²) in [5.41, 5.74) is 0.527. The van der Waals surface area contributed by atoms with Gasteiger partial charge in [-0.2, -0.15) is 4.90 Å². The molecular formula is C27H19BrNO5+. The van der Waals surface area contributed by atoms with Crippen LogP contribution in [0.5, 0.6) is 0 Å². The molecule has 1 aliphatic carbocycles. The van der Waals surface area contributed by atoms with E-state index in [4.69, 9.17) is 4.74 Å². The summed E-state index contributed by atoms with van der Waals surface area (Å²) >= 11 is 3.44. The Balaban J connectivity index is 1.55. The average molecular weight is 517 g/mol. The van der Waals surface area contributed by atoms with E-state index < -0.39 is 46.9 Å². The standard InChI is InChI=1S/C27H18BrNO5/c1-14-9-11-17(12-10-14)29-25(32)20-21(26(29)33)27(34-22(20)15-5-4-6-16(28)13-15)23(30)18-7-2-3-8-19(18)24(27)31/h2-13,20-22H,1H3/p+1. The maximum atomic E-state index is 13.9. The number of nitrogens with one attached hydrogen (secondary N) is 1. The Morgan fingerprint density at radius 3 is 2.09 bits per heavy atom. The van der Waals surface area contributed by atoms with Gasteiger partial charge in [0.05, 0.1) is 0 Å². The van der Waals surface area contributed by atoms with Gasteiger partial charge in [-0.15, -0.1) is 0 Å². The number of ketones is 2. The second-order valence-electron chi connectivity index (χ2n) is 9.01. The summed E-state index contributed by atoms with van der Waals surface area (Å²) in [4.78, 5) is 55.2. The molecule has 2 aliphatic heterocycles. The molecule has 4 atom stereocenters. The summed E-state index contributed by atoms with van der Waals surface area (Å²) in [7, 11) is 0. The molecule has 1 N–H and O–H groups in total. The Morgan fingerprint density at radius 2 is 1.47 bits per heavy atom. The van der Waals surface area contributed by atoms with Gasteiger partial charge in [-0.3, -0.25) is 9.59 Å². The number of halogens is 1. The lowest BCUT2D eigenvalue weighted by Crippen LogP contribution is -3.11. The molecule has 7 heteroatoms. The number of carbonyl (C=O) groups is 4. The quantitative estimate of drug-likeness (QED) is 0.418. The van der Waals surface area contributed by atoms with E-state index >= 15 is 0 Å². The highest BCUT2D eigenvalue weighted by atomic mass is 79.9. The van der Waals surface area contributed by atoms with E-state index in [0.29, 0.717) is 11.3 Å². The number of fused-ring (bicyclic) bond motifs is 3. The zero-order valence-electron chi connectivity index (χ0n) is 18.1. The second kappa shape index (κ2) is 7.37. The Labute approximate surface area is 203 Å². The van der Waals surface area contributed by atoms with Gasteiger partial charge in [0, 0.05) is 27.7 Å². The Hall–Kier alpha value is -3.26. The molecule has 168 valence electrons. The summed E-state index contributed by atoms with van der Waals surface area (Å²) in [6.45, 7) is 1.92. The zero-order chi connectivity index (χ0) is 23.8. The average Bonchev–Trinajstić information content (AvgIpc) is 3.40. The summed E-state index contributed by atoms with van der Waals surface area (Å²) in [5, 5.41) is 0. The lowest BCUT2D eigenvalue weighted by Gasteiger charge is -2.25. The molecule has 2 saturated heterocycles. The highest BCUT2D eigenvalue weighted by Crippen LogP contribution is 2.55. The van der Waals surface area contributed by atoms with Gasteiger partial charge in [0.15, 0.2) is 0 Å². The minimum atomic E-state index is -2.04. The molecule has 2 fully saturated rings. The minimum absolute atomic E-state index is 0.0363. The Kier molecular flexibility index (Phi) is 4.61. The van der Waals surface area contributed by atoms with Crippen LogP contribution in [0.4, 0.5) is 5.69 Å². The molecule has 0 radical (unpaired) electrons. The molecule has 3 aliphatic rings. The number of rotatable bonds is 2. The number of amides is 2. The van der Waals surface area contributed by atoms with Crippen LogP contribution in [-0.2, 0) is 14.3 Å². The first kappa shape index (κ1) is 21.3. The summed E-state index contributed by atoms with van der Waals surface area (Å²) in [5.74, 6) is -4.19. The molecule has 2 heterocycles. The van der Waals surface area contributed by atoms with Gasteiger partial charge in [-0.25, -0.2) is 9.59 Å². The van der Waals surface area contributed by atoms with Crippen LogP contribution in [0.1, 0.15) is 37.9 Å².